The van der Waals surface area contributed by atoms with Gasteiger partial charge in [0.05, 0.1) is 4.90 Å². The number of aromatic nitrogens is 1. The van der Waals surface area contributed by atoms with Crippen molar-refractivity contribution in [1.82, 2.24) is 25.2 Å². The van der Waals surface area contributed by atoms with Crippen molar-refractivity contribution in [2.75, 3.05) is 26.2 Å². The highest BCUT2D eigenvalue weighted by atomic mass is 32.2. The number of amides is 2. The Bertz CT molecular complexity index is 1400. The number of nitrogens with zero attached hydrogens (tertiary/aromatic N) is 1. The largest absolute Gasteiger partial charge is 0.358 e. The second kappa shape index (κ2) is 11.3. The van der Waals surface area contributed by atoms with Crippen molar-refractivity contribution >= 4 is 32.7 Å². The van der Waals surface area contributed by atoms with Gasteiger partial charge in [0.2, 0.25) is 21.8 Å². The molecule has 202 valence electrons. The van der Waals surface area contributed by atoms with Crippen LogP contribution in [0.5, 0.6) is 0 Å². The lowest BCUT2D eigenvalue weighted by molar-refractivity contribution is -0.138. The Kier molecular flexibility index (Phi) is 7.83. The van der Waals surface area contributed by atoms with Crippen LogP contribution in [0.4, 0.5) is 0 Å². The molecule has 0 radical (unpaired) electrons. The molecule has 1 atom stereocenters. The molecule has 9 nitrogen and oxygen atoms in total. The predicted molar refractivity (Wildman–Crippen MR) is 146 cm³/mol. The molecule has 5 rings (SSSR count). The van der Waals surface area contributed by atoms with Gasteiger partial charge >= 0.3 is 0 Å². The van der Waals surface area contributed by atoms with Crippen LogP contribution in [-0.2, 0) is 39.0 Å². The van der Waals surface area contributed by atoms with Gasteiger partial charge in [-0.25, -0.2) is 13.1 Å². The Labute approximate surface area is 223 Å². The minimum Gasteiger partial charge on any atom is -0.358 e. The molecule has 0 bridgehead atoms. The standard InChI is InChI=1S/C28H35N5O4S/c1-2-30-38(36,37)24-8-7-19-11-14-33(18-22(19)16-24)28(35)26(32-27(34)20-9-12-29-13-10-20)17-23-15-21-5-3-4-6-25(21)31-23/h3-8,15-16,20,26,29-31H,2,9-14,17-18H2,1H3,(H,32,34)/t26-/m1/s1. The van der Waals surface area contributed by atoms with Crippen molar-refractivity contribution in [2.45, 2.75) is 50.1 Å². The SMILES string of the molecule is CCNS(=O)(=O)c1ccc2c(c1)CN(C(=O)[C@@H](Cc1cc3ccccc3[nH]1)NC(=O)C1CCNCC1)CC2. The number of nitrogens with one attached hydrogen (secondary N) is 4. The molecular formula is C28H35N5O4S. The van der Waals surface area contributed by atoms with Gasteiger partial charge < -0.3 is 20.5 Å². The number of aromatic amines is 1. The van der Waals surface area contributed by atoms with Crippen molar-refractivity contribution in [2.24, 2.45) is 5.92 Å². The van der Waals surface area contributed by atoms with Crippen LogP contribution < -0.4 is 15.4 Å². The number of piperidine rings is 1. The van der Waals surface area contributed by atoms with Crippen LogP contribution in [0.15, 0.2) is 53.4 Å². The number of hydrogen-bond acceptors (Lipinski definition) is 5. The highest BCUT2D eigenvalue weighted by Crippen LogP contribution is 2.24. The lowest BCUT2D eigenvalue weighted by Crippen LogP contribution is -2.52. The molecule has 1 fully saturated rings. The van der Waals surface area contributed by atoms with Crippen LogP contribution in [-0.4, -0.2) is 62.3 Å². The molecule has 1 saturated heterocycles. The van der Waals surface area contributed by atoms with Crippen molar-refractivity contribution in [3.63, 3.8) is 0 Å². The Morgan fingerprint density at radius 2 is 1.87 bits per heavy atom. The van der Waals surface area contributed by atoms with E-state index in [1.807, 2.05) is 36.4 Å². The summed E-state index contributed by atoms with van der Waals surface area (Å²) in [4.78, 5) is 32.4. The second-order valence-corrected chi connectivity index (χ2v) is 11.9. The highest BCUT2D eigenvalue weighted by molar-refractivity contribution is 7.89. The third-order valence-corrected chi connectivity index (χ3v) is 9.02. The molecule has 0 unspecified atom stereocenters. The Morgan fingerprint density at radius 1 is 1.08 bits per heavy atom. The van der Waals surface area contributed by atoms with E-state index in [4.69, 9.17) is 0 Å². The number of hydrogen-bond donors (Lipinski definition) is 4. The van der Waals surface area contributed by atoms with Crippen LogP contribution in [0.2, 0.25) is 0 Å². The van der Waals surface area contributed by atoms with Gasteiger partial charge in [-0.05, 0) is 73.1 Å². The second-order valence-electron chi connectivity index (χ2n) is 10.1. The van der Waals surface area contributed by atoms with Gasteiger partial charge in [-0.2, -0.15) is 0 Å². The fourth-order valence-electron chi connectivity index (χ4n) is 5.42. The molecule has 10 heteroatoms. The molecule has 2 aliphatic rings. The van der Waals surface area contributed by atoms with E-state index in [-0.39, 0.29) is 22.6 Å². The van der Waals surface area contributed by atoms with E-state index in [0.717, 1.165) is 53.7 Å². The maximum Gasteiger partial charge on any atom is 0.245 e. The minimum absolute atomic E-state index is 0.0857. The average Bonchev–Trinajstić information content (AvgIpc) is 3.34. The summed E-state index contributed by atoms with van der Waals surface area (Å²) in [6.07, 6.45) is 2.48. The van der Waals surface area contributed by atoms with E-state index in [0.29, 0.717) is 32.5 Å². The van der Waals surface area contributed by atoms with Gasteiger partial charge in [0, 0.05) is 43.2 Å². The number of benzene rings is 2. The van der Waals surface area contributed by atoms with Crippen LogP contribution in [0.25, 0.3) is 10.9 Å². The molecule has 38 heavy (non-hydrogen) atoms. The molecule has 3 aromatic rings. The summed E-state index contributed by atoms with van der Waals surface area (Å²) in [5, 5.41) is 7.40. The summed E-state index contributed by atoms with van der Waals surface area (Å²) in [7, 11) is -3.60. The zero-order chi connectivity index (χ0) is 26.7. The summed E-state index contributed by atoms with van der Waals surface area (Å²) >= 11 is 0. The number of sulfonamides is 1. The summed E-state index contributed by atoms with van der Waals surface area (Å²) in [5.74, 6) is -0.357. The first-order valence-corrected chi connectivity index (χ1v) is 14.8. The van der Waals surface area contributed by atoms with Gasteiger partial charge in [-0.15, -0.1) is 0 Å². The van der Waals surface area contributed by atoms with Gasteiger partial charge in [0.25, 0.3) is 0 Å². The maximum atomic E-state index is 13.9. The number of carbonyl (C=O) groups excluding carboxylic acids is 2. The van der Waals surface area contributed by atoms with Crippen LogP contribution in [0.3, 0.4) is 0 Å². The molecule has 2 aromatic carbocycles. The van der Waals surface area contributed by atoms with Gasteiger partial charge in [0.15, 0.2) is 0 Å². The summed E-state index contributed by atoms with van der Waals surface area (Å²) < 4.78 is 27.6. The maximum absolute atomic E-state index is 13.9. The summed E-state index contributed by atoms with van der Waals surface area (Å²) in [6.45, 7) is 4.44. The zero-order valence-corrected chi connectivity index (χ0v) is 22.4. The Hall–Kier alpha value is -3.21. The fraction of sp³-hybridized carbons (Fsp3) is 0.429. The quantitative estimate of drug-likeness (QED) is 0.350. The van der Waals surface area contributed by atoms with E-state index in [1.54, 1.807) is 24.0 Å². The molecule has 2 amide bonds. The third-order valence-electron chi connectivity index (χ3n) is 7.48. The predicted octanol–water partition coefficient (Wildman–Crippen LogP) is 2.08. The Balaban J connectivity index is 1.38. The van der Waals surface area contributed by atoms with E-state index >= 15 is 0 Å². The van der Waals surface area contributed by atoms with E-state index in [9.17, 15) is 18.0 Å². The number of H-pyrrole nitrogens is 1. The number of carbonyl (C=O) groups is 2. The smallest absolute Gasteiger partial charge is 0.245 e. The monoisotopic (exact) mass is 537 g/mol. The Morgan fingerprint density at radius 3 is 2.63 bits per heavy atom. The van der Waals surface area contributed by atoms with Crippen molar-refractivity contribution in [1.29, 1.82) is 0 Å². The fourth-order valence-corrected chi connectivity index (χ4v) is 6.51. The average molecular weight is 538 g/mol. The lowest BCUT2D eigenvalue weighted by Gasteiger charge is -2.33. The number of fused-ring (bicyclic) bond motifs is 2. The van der Waals surface area contributed by atoms with Crippen LogP contribution in [0, 0.1) is 5.92 Å². The topological polar surface area (TPSA) is 123 Å². The third kappa shape index (κ3) is 5.77. The summed E-state index contributed by atoms with van der Waals surface area (Å²) in [5.41, 5.74) is 3.72. The van der Waals surface area contributed by atoms with Crippen LogP contribution in [0.1, 0.15) is 36.6 Å². The zero-order valence-electron chi connectivity index (χ0n) is 21.6. The number of para-hydroxylation sites is 1. The molecule has 1 aromatic heterocycles. The van der Waals surface area contributed by atoms with E-state index in [2.05, 4.69) is 20.3 Å². The molecule has 0 aliphatic carbocycles. The van der Waals surface area contributed by atoms with Crippen molar-refractivity contribution < 1.29 is 18.0 Å². The van der Waals surface area contributed by atoms with Crippen molar-refractivity contribution in [3.05, 3.63) is 65.4 Å². The molecule has 0 spiro atoms. The first kappa shape index (κ1) is 26.4. The molecule has 4 N–H and O–H groups in total. The first-order chi connectivity index (χ1) is 18.3. The van der Waals surface area contributed by atoms with Crippen LogP contribution >= 0.6 is 0 Å². The van der Waals surface area contributed by atoms with E-state index < -0.39 is 16.1 Å². The first-order valence-electron chi connectivity index (χ1n) is 13.3. The normalized spacial score (nSPS) is 17.2. The van der Waals surface area contributed by atoms with Crippen molar-refractivity contribution in [3.8, 4) is 0 Å². The lowest BCUT2D eigenvalue weighted by atomic mass is 9.96. The highest BCUT2D eigenvalue weighted by Gasteiger charge is 2.32. The minimum atomic E-state index is -3.60. The number of rotatable bonds is 8. The summed E-state index contributed by atoms with van der Waals surface area (Å²) in [6, 6.07) is 14.3. The van der Waals surface area contributed by atoms with Gasteiger partial charge in [-0.3, -0.25) is 9.59 Å². The van der Waals surface area contributed by atoms with Gasteiger partial charge in [0.1, 0.15) is 6.04 Å². The molecular weight excluding hydrogens is 502 g/mol. The van der Waals surface area contributed by atoms with Gasteiger partial charge in [-0.1, -0.05) is 31.2 Å². The molecule has 2 aliphatic heterocycles. The molecule has 0 saturated carbocycles. The van der Waals surface area contributed by atoms with E-state index in [1.165, 1.54) is 0 Å². The molecule has 3 heterocycles.